The molecule has 1 aliphatic heterocycles. The second-order valence-corrected chi connectivity index (χ2v) is 4.24. The number of hydrogen-bond donors (Lipinski definition) is 0. The van der Waals surface area contributed by atoms with Crippen LogP contribution in [0.4, 0.5) is 0 Å². The van der Waals surface area contributed by atoms with Crippen LogP contribution >= 0.6 is 11.8 Å². The molecule has 8 heavy (non-hydrogen) atoms. The third kappa shape index (κ3) is 1.17. The van der Waals surface area contributed by atoms with E-state index in [4.69, 9.17) is 0 Å². The SMILES string of the molecule is CC1CN(C)C(C)S1. The number of nitrogens with zero attached hydrogens (tertiary/aromatic N) is 1. The van der Waals surface area contributed by atoms with Crippen LogP contribution in [0.25, 0.3) is 0 Å². The smallest absolute Gasteiger partial charge is 0.0529 e. The van der Waals surface area contributed by atoms with Crippen molar-refractivity contribution < 1.29 is 0 Å². The average molecular weight is 131 g/mol. The van der Waals surface area contributed by atoms with Gasteiger partial charge >= 0.3 is 0 Å². The maximum atomic E-state index is 2.38. The zero-order valence-corrected chi connectivity index (χ0v) is 6.53. The van der Waals surface area contributed by atoms with E-state index in [1.54, 1.807) is 0 Å². The van der Waals surface area contributed by atoms with Crippen molar-refractivity contribution >= 4 is 11.8 Å². The Balaban J connectivity index is 2.39. The zero-order chi connectivity index (χ0) is 6.15. The highest BCUT2D eigenvalue weighted by Gasteiger charge is 2.22. The molecule has 1 nitrogen and oxygen atoms in total. The summed E-state index contributed by atoms with van der Waals surface area (Å²) in [6.45, 7) is 5.80. The highest BCUT2D eigenvalue weighted by Crippen LogP contribution is 2.27. The van der Waals surface area contributed by atoms with E-state index in [0.717, 1.165) is 10.6 Å². The second kappa shape index (κ2) is 2.28. The summed E-state index contributed by atoms with van der Waals surface area (Å²) in [7, 11) is 2.18. The summed E-state index contributed by atoms with van der Waals surface area (Å²) in [6, 6.07) is 0. The first-order valence-corrected chi connectivity index (χ1v) is 4.00. The van der Waals surface area contributed by atoms with Crippen LogP contribution in [0.1, 0.15) is 13.8 Å². The van der Waals surface area contributed by atoms with Crippen LogP contribution < -0.4 is 0 Å². The Morgan fingerprint density at radius 2 is 2.12 bits per heavy atom. The summed E-state index contributed by atoms with van der Waals surface area (Å²) in [4.78, 5) is 2.38. The van der Waals surface area contributed by atoms with Gasteiger partial charge in [0.1, 0.15) is 0 Å². The molecular formula is C6H13NS. The van der Waals surface area contributed by atoms with Crippen molar-refractivity contribution in [2.24, 2.45) is 0 Å². The number of rotatable bonds is 0. The van der Waals surface area contributed by atoms with Gasteiger partial charge in [0.25, 0.3) is 0 Å². The fourth-order valence-corrected chi connectivity index (χ4v) is 2.32. The Morgan fingerprint density at radius 1 is 1.50 bits per heavy atom. The van der Waals surface area contributed by atoms with Crippen LogP contribution in [0, 0.1) is 0 Å². The van der Waals surface area contributed by atoms with Crippen LogP contribution in [-0.2, 0) is 0 Å². The Bertz CT molecular complexity index is 74.6. The summed E-state index contributed by atoms with van der Waals surface area (Å²) in [5, 5.41) is 1.58. The van der Waals surface area contributed by atoms with Crippen molar-refractivity contribution in [2.45, 2.75) is 24.5 Å². The van der Waals surface area contributed by atoms with Crippen LogP contribution in [0.3, 0.4) is 0 Å². The number of thioether (sulfide) groups is 1. The van der Waals surface area contributed by atoms with Gasteiger partial charge < -0.3 is 0 Å². The molecule has 2 unspecified atom stereocenters. The first-order valence-electron chi connectivity index (χ1n) is 3.06. The van der Waals surface area contributed by atoms with Crippen LogP contribution in [0.2, 0.25) is 0 Å². The van der Waals surface area contributed by atoms with Gasteiger partial charge in [0.2, 0.25) is 0 Å². The van der Waals surface area contributed by atoms with E-state index < -0.39 is 0 Å². The van der Waals surface area contributed by atoms with Crippen LogP contribution in [0.15, 0.2) is 0 Å². The van der Waals surface area contributed by atoms with Gasteiger partial charge in [-0.2, -0.15) is 0 Å². The third-order valence-electron chi connectivity index (χ3n) is 1.60. The fraction of sp³-hybridized carbons (Fsp3) is 1.00. The Labute approximate surface area is 55.4 Å². The van der Waals surface area contributed by atoms with E-state index in [1.807, 2.05) is 0 Å². The van der Waals surface area contributed by atoms with Gasteiger partial charge in [-0.1, -0.05) is 6.92 Å². The lowest BCUT2D eigenvalue weighted by atomic mass is 10.4. The van der Waals surface area contributed by atoms with Gasteiger partial charge in [-0.15, -0.1) is 11.8 Å². The van der Waals surface area contributed by atoms with Crippen LogP contribution in [0.5, 0.6) is 0 Å². The molecule has 0 N–H and O–H groups in total. The van der Waals surface area contributed by atoms with Crippen molar-refractivity contribution in [3.63, 3.8) is 0 Å². The first kappa shape index (κ1) is 6.43. The van der Waals surface area contributed by atoms with E-state index in [9.17, 15) is 0 Å². The molecule has 0 aromatic rings. The monoisotopic (exact) mass is 131 g/mol. The maximum absolute atomic E-state index is 2.38. The minimum atomic E-state index is 0.741. The van der Waals surface area contributed by atoms with Gasteiger partial charge in [-0.25, -0.2) is 0 Å². The first-order chi connectivity index (χ1) is 3.70. The lowest BCUT2D eigenvalue weighted by Gasteiger charge is -2.10. The van der Waals surface area contributed by atoms with E-state index >= 15 is 0 Å². The molecule has 1 aliphatic rings. The largest absolute Gasteiger partial charge is 0.294 e. The molecule has 0 spiro atoms. The highest BCUT2D eigenvalue weighted by molar-refractivity contribution is 8.00. The van der Waals surface area contributed by atoms with Crippen molar-refractivity contribution in [1.82, 2.24) is 4.90 Å². The maximum Gasteiger partial charge on any atom is 0.0529 e. The summed E-state index contributed by atoms with van der Waals surface area (Å²) in [5.74, 6) is 0. The molecule has 1 saturated heterocycles. The topological polar surface area (TPSA) is 3.24 Å². The quantitative estimate of drug-likeness (QED) is 0.489. The molecular weight excluding hydrogens is 118 g/mol. The summed E-state index contributed by atoms with van der Waals surface area (Å²) >= 11 is 2.05. The predicted molar refractivity (Wildman–Crippen MR) is 39.1 cm³/mol. The molecule has 48 valence electrons. The van der Waals surface area contributed by atoms with Gasteiger partial charge in [0.05, 0.1) is 5.37 Å². The van der Waals surface area contributed by atoms with Crippen molar-refractivity contribution in [3.8, 4) is 0 Å². The molecule has 2 atom stereocenters. The van der Waals surface area contributed by atoms with Gasteiger partial charge in [-0.05, 0) is 14.0 Å². The molecule has 2 heteroatoms. The van der Waals surface area contributed by atoms with E-state index in [0.29, 0.717) is 0 Å². The van der Waals surface area contributed by atoms with Gasteiger partial charge in [0.15, 0.2) is 0 Å². The Morgan fingerprint density at radius 3 is 2.25 bits per heavy atom. The van der Waals surface area contributed by atoms with Crippen molar-refractivity contribution in [3.05, 3.63) is 0 Å². The number of hydrogen-bond acceptors (Lipinski definition) is 2. The molecule has 0 radical (unpaired) electrons. The molecule has 1 heterocycles. The fourth-order valence-electron chi connectivity index (χ4n) is 1.04. The molecule has 1 fully saturated rings. The molecule has 0 bridgehead atoms. The average Bonchev–Trinajstić information content (AvgIpc) is 1.85. The summed E-state index contributed by atoms with van der Waals surface area (Å²) < 4.78 is 0. The second-order valence-electron chi connectivity index (χ2n) is 2.49. The van der Waals surface area contributed by atoms with E-state index in [-0.39, 0.29) is 0 Å². The summed E-state index contributed by atoms with van der Waals surface area (Å²) in [5.41, 5.74) is 0. The Hall–Kier alpha value is 0.310. The third-order valence-corrected chi connectivity index (χ3v) is 2.96. The zero-order valence-electron chi connectivity index (χ0n) is 5.72. The van der Waals surface area contributed by atoms with Gasteiger partial charge in [0, 0.05) is 11.8 Å². The molecule has 0 aromatic carbocycles. The molecule has 0 aromatic heterocycles. The lowest BCUT2D eigenvalue weighted by molar-refractivity contribution is 0.356. The van der Waals surface area contributed by atoms with Gasteiger partial charge in [-0.3, -0.25) is 4.90 Å². The van der Waals surface area contributed by atoms with Crippen molar-refractivity contribution in [1.29, 1.82) is 0 Å². The molecule has 0 saturated carbocycles. The lowest BCUT2D eigenvalue weighted by Crippen LogP contribution is -2.21. The molecule has 1 rings (SSSR count). The molecule has 0 amide bonds. The van der Waals surface area contributed by atoms with E-state index in [1.165, 1.54) is 6.54 Å². The Kier molecular flexibility index (Phi) is 1.83. The molecule has 0 aliphatic carbocycles. The van der Waals surface area contributed by atoms with Crippen molar-refractivity contribution in [2.75, 3.05) is 13.6 Å². The van der Waals surface area contributed by atoms with Crippen LogP contribution in [-0.4, -0.2) is 29.1 Å². The summed E-state index contributed by atoms with van der Waals surface area (Å²) in [6.07, 6.45) is 0. The predicted octanol–water partition coefficient (Wildman–Crippen LogP) is 1.40. The highest BCUT2D eigenvalue weighted by atomic mass is 32.2. The minimum Gasteiger partial charge on any atom is -0.294 e. The normalized spacial score (nSPS) is 40.9. The minimum absolute atomic E-state index is 0.741. The van der Waals surface area contributed by atoms with E-state index in [2.05, 4.69) is 37.6 Å². The standard InChI is InChI=1S/C6H13NS/c1-5-4-7(3)6(2)8-5/h5-6H,4H2,1-3H3.